The van der Waals surface area contributed by atoms with Gasteiger partial charge in [-0.25, -0.2) is 0 Å². The summed E-state index contributed by atoms with van der Waals surface area (Å²) in [5.41, 5.74) is 9.39. The Balaban J connectivity index is 1.42. The fraction of sp³-hybridized carbons (Fsp3) is 0.467. The number of ether oxygens (including phenoxy) is 1. The van der Waals surface area contributed by atoms with E-state index in [0.717, 1.165) is 11.3 Å². The number of nitrogens with two attached hydrogens (primary N) is 1. The Hall–Kier alpha value is -3.80. The second kappa shape index (κ2) is 14.2. The Morgan fingerprint density at radius 2 is 2.00 bits per heavy atom. The van der Waals surface area contributed by atoms with Crippen LogP contribution in [0.15, 0.2) is 54.7 Å². The standard InChI is InChI=1S/C30H41N7O4/c1-21-15-37(22(2)19-38)29(39)9-6-14-36-17-25(33-34-36)20-41-28(21)18-35(3)16-23-10-12-24(13-11-23)30(40)32-27-8-5-4-7-26(27)31/h4-5,7-8,10-13,17,21-22,28,38H,6,9,14-16,18-20,31H2,1-3H3,(H,32,40)/t21-,22-,28+/m0/s1. The van der Waals surface area contributed by atoms with Gasteiger partial charge < -0.3 is 25.8 Å². The highest BCUT2D eigenvalue weighted by Crippen LogP contribution is 2.20. The van der Waals surface area contributed by atoms with Gasteiger partial charge in [-0.1, -0.05) is 36.4 Å². The van der Waals surface area contributed by atoms with Crippen LogP contribution in [0, 0.1) is 5.92 Å². The first-order valence-corrected chi connectivity index (χ1v) is 14.1. The SMILES string of the molecule is C[C@H]1CN([C@@H](C)CO)C(=O)CCCn2cc(nn2)CO[C@@H]1CN(C)Cc1ccc(C(=O)Nc2ccccc2N)cc1. The van der Waals surface area contributed by atoms with E-state index in [4.69, 9.17) is 10.5 Å². The number of aliphatic hydroxyl groups is 1. The molecule has 0 fully saturated rings. The third-order valence-electron chi connectivity index (χ3n) is 7.41. The number of aryl methyl sites for hydroxylation is 1. The van der Waals surface area contributed by atoms with Crippen molar-refractivity contribution in [2.75, 3.05) is 37.8 Å². The second-order valence-electron chi connectivity index (χ2n) is 10.9. The van der Waals surface area contributed by atoms with Crippen LogP contribution in [-0.2, 0) is 29.2 Å². The highest BCUT2D eigenvalue weighted by Gasteiger charge is 2.28. The number of nitrogen functional groups attached to an aromatic ring is 1. The molecule has 2 amide bonds. The minimum atomic E-state index is -0.278. The molecular formula is C30H41N7O4. The van der Waals surface area contributed by atoms with Gasteiger partial charge >= 0.3 is 0 Å². The van der Waals surface area contributed by atoms with E-state index in [9.17, 15) is 14.7 Å². The number of anilines is 2. The maximum Gasteiger partial charge on any atom is 0.255 e. The summed E-state index contributed by atoms with van der Waals surface area (Å²) in [6.45, 7) is 6.51. The van der Waals surface area contributed by atoms with Crippen LogP contribution < -0.4 is 11.1 Å². The molecule has 1 aliphatic heterocycles. The third-order valence-corrected chi connectivity index (χ3v) is 7.41. The molecule has 41 heavy (non-hydrogen) atoms. The molecular weight excluding hydrogens is 522 g/mol. The molecule has 220 valence electrons. The van der Waals surface area contributed by atoms with Crippen molar-refractivity contribution >= 4 is 23.2 Å². The number of hydrogen-bond donors (Lipinski definition) is 3. The van der Waals surface area contributed by atoms with Crippen LogP contribution in [-0.4, -0.2) is 80.6 Å². The van der Waals surface area contributed by atoms with Crippen molar-refractivity contribution in [1.82, 2.24) is 24.8 Å². The lowest BCUT2D eigenvalue weighted by atomic mass is 10.0. The predicted molar refractivity (Wildman–Crippen MR) is 157 cm³/mol. The van der Waals surface area contributed by atoms with Gasteiger partial charge in [0.25, 0.3) is 5.91 Å². The van der Waals surface area contributed by atoms with E-state index in [1.54, 1.807) is 33.8 Å². The Morgan fingerprint density at radius 1 is 1.24 bits per heavy atom. The van der Waals surface area contributed by atoms with Gasteiger partial charge in [-0.2, -0.15) is 0 Å². The van der Waals surface area contributed by atoms with Crippen LogP contribution in [0.25, 0.3) is 0 Å². The van der Waals surface area contributed by atoms with Crippen LogP contribution in [0.5, 0.6) is 0 Å². The summed E-state index contributed by atoms with van der Waals surface area (Å²) in [4.78, 5) is 29.7. The molecule has 0 saturated heterocycles. The van der Waals surface area contributed by atoms with Gasteiger partial charge in [-0.15, -0.1) is 5.10 Å². The zero-order valence-electron chi connectivity index (χ0n) is 24.1. The normalized spacial score (nSPS) is 19.2. The zero-order chi connectivity index (χ0) is 29.4. The maximum absolute atomic E-state index is 13.1. The Labute approximate surface area is 241 Å². The smallest absolute Gasteiger partial charge is 0.255 e. The summed E-state index contributed by atoms with van der Waals surface area (Å²) >= 11 is 0. The van der Waals surface area contributed by atoms with E-state index in [2.05, 4.69) is 27.5 Å². The summed E-state index contributed by atoms with van der Waals surface area (Å²) in [7, 11) is 2.02. The fourth-order valence-electron chi connectivity index (χ4n) is 4.94. The molecule has 1 aromatic heterocycles. The van der Waals surface area contributed by atoms with E-state index < -0.39 is 0 Å². The Bertz CT molecular complexity index is 1300. The first-order chi connectivity index (χ1) is 19.7. The molecule has 4 rings (SSSR count). The molecule has 11 nitrogen and oxygen atoms in total. The summed E-state index contributed by atoms with van der Waals surface area (Å²) in [6.07, 6.45) is 2.70. The lowest BCUT2D eigenvalue weighted by Gasteiger charge is -2.35. The van der Waals surface area contributed by atoms with Crippen molar-refractivity contribution in [2.24, 2.45) is 5.92 Å². The fourth-order valence-corrected chi connectivity index (χ4v) is 4.94. The van der Waals surface area contributed by atoms with E-state index in [-0.39, 0.29) is 36.5 Å². The molecule has 0 unspecified atom stereocenters. The molecule has 11 heteroatoms. The topological polar surface area (TPSA) is 139 Å². The molecule has 0 saturated carbocycles. The van der Waals surface area contributed by atoms with E-state index in [1.165, 1.54) is 0 Å². The number of aliphatic hydroxyl groups excluding tert-OH is 1. The van der Waals surface area contributed by atoms with Crippen molar-refractivity contribution in [3.05, 3.63) is 71.5 Å². The third kappa shape index (κ3) is 8.35. The number of rotatable bonds is 8. The Morgan fingerprint density at radius 3 is 2.73 bits per heavy atom. The molecule has 2 aromatic carbocycles. The molecule has 2 bridgehead atoms. The summed E-state index contributed by atoms with van der Waals surface area (Å²) in [5, 5.41) is 21.1. The molecule has 3 aromatic rings. The molecule has 0 spiro atoms. The quantitative estimate of drug-likeness (QED) is 0.356. The summed E-state index contributed by atoms with van der Waals surface area (Å²) in [6, 6.07) is 14.4. The van der Waals surface area contributed by atoms with Crippen molar-refractivity contribution < 1.29 is 19.4 Å². The summed E-state index contributed by atoms with van der Waals surface area (Å²) in [5.74, 6) is -0.200. The average Bonchev–Trinajstić information content (AvgIpc) is 3.42. The number of carbonyl (C=O) groups is 2. The molecule has 0 aliphatic carbocycles. The van der Waals surface area contributed by atoms with Gasteiger partial charge in [0.05, 0.1) is 42.9 Å². The molecule has 4 N–H and O–H groups in total. The van der Waals surface area contributed by atoms with Gasteiger partial charge in [-0.3, -0.25) is 19.2 Å². The minimum Gasteiger partial charge on any atom is -0.397 e. The number of para-hydroxylation sites is 2. The van der Waals surface area contributed by atoms with Gasteiger partial charge in [0.1, 0.15) is 5.69 Å². The number of carbonyl (C=O) groups excluding carboxylic acids is 2. The molecule has 3 atom stereocenters. The van der Waals surface area contributed by atoms with E-state index >= 15 is 0 Å². The number of amides is 2. The lowest BCUT2D eigenvalue weighted by Crippen LogP contribution is -2.47. The van der Waals surface area contributed by atoms with Crippen LogP contribution >= 0.6 is 0 Å². The number of hydrogen-bond acceptors (Lipinski definition) is 8. The molecule has 2 heterocycles. The average molecular weight is 564 g/mol. The summed E-state index contributed by atoms with van der Waals surface area (Å²) < 4.78 is 8.11. The number of likely N-dealkylation sites (N-methyl/N-ethyl adjacent to an activating group) is 1. The number of aromatic nitrogens is 3. The van der Waals surface area contributed by atoms with Crippen molar-refractivity contribution in [2.45, 2.75) is 58.5 Å². The van der Waals surface area contributed by atoms with Crippen LogP contribution in [0.1, 0.15) is 48.3 Å². The first-order valence-electron chi connectivity index (χ1n) is 14.1. The highest BCUT2D eigenvalue weighted by atomic mass is 16.5. The maximum atomic E-state index is 13.1. The molecule has 0 radical (unpaired) electrons. The van der Waals surface area contributed by atoms with Crippen LogP contribution in [0.3, 0.4) is 0 Å². The van der Waals surface area contributed by atoms with Gasteiger partial charge in [0.2, 0.25) is 5.91 Å². The number of nitrogens with one attached hydrogen (secondary N) is 1. The second-order valence-corrected chi connectivity index (χ2v) is 10.9. The lowest BCUT2D eigenvalue weighted by molar-refractivity contribution is -0.136. The van der Waals surface area contributed by atoms with Crippen LogP contribution in [0.4, 0.5) is 11.4 Å². The van der Waals surface area contributed by atoms with Crippen molar-refractivity contribution in [3.63, 3.8) is 0 Å². The van der Waals surface area contributed by atoms with Crippen LogP contribution in [0.2, 0.25) is 0 Å². The monoisotopic (exact) mass is 563 g/mol. The predicted octanol–water partition coefficient (Wildman–Crippen LogP) is 2.77. The number of nitrogens with zero attached hydrogens (tertiary/aromatic N) is 5. The number of fused-ring (bicyclic) bond motifs is 2. The minimum absolute atomic E-state index is 0.00249. The Kier molecular flexibility index (Phi) is 10.4. The van der Waals surface area contributed by atoms with Crippen molar-refractivity contribution in [1.29, 1.82) is 0 Å². The van der Waals surface area contributed by atoms with Crippen molar-refractivity contribution in [3.8, 4) is 0 Å². The molecule has 1 aliphatic rings. The zero-order valence-corrected chi connectivity index (χ0v) is 24.1. The first kappa shape index (κ1) is 30.2. The highest BCUT2D eigenvalue weighted by molar-refractivity contribution is 6.05. The van der Waals surface area contributed by atoms with Gasteiger partial charge in [0, 0.05) is 44.1 Å². The van der Waals surface area contributed by atoms with E-state index in [0.29, 0.717) is 62.6 Å². The largest absolute Gasteiger partial charge is 0.397 e. The van der Waals surface area contributed by atoms with Gasteiger partial charge in [-0.05, 0) is 50.2 Å². The van der Waals surface area contributed by atoms with E-state index in [1.807, 2.05) is 44.4 Å². The van der Waals surface area contributed by atoms with Gasteiger partial charge in [0.15, 0.2) is 0 Å². The number of benzene rings is 2.